The molecular formula is C42H51N7O10. The Morgan fingerprint density at radius 3 is 2.20 bits per heavy atom. The molecule has 0 saturated carbocycles. The van der Waals surface area contributed by atoms with Crippen molar-refractivity contribution >= 4 is 35.9 Å². The number of aromatic nitrogens is 1. The van der Waals surface area contributed by atoms with Crippen LogP contribution in [-0.4, -0.2) is 134 Å². The molecule has 0 bridgehead atoms. The van der Waals surface area contributed by atoms with Crippen LogP contribution in [0.3, 0.4) is 0 Å². The summed E-state index contributed by atoms with van der Waals surface area (Å²) in [7, 11) is 7.96. The van der Waals surface area contributed by atoms with E-state index in [1.54, 1.807) is 49.9 Å². The van der Waals surface area contributed by atoms with E-state index in [9.17, 15) is 33.6 Å². The van der Waals surface area contributed by atoms with Crippen molar-refractivity contribution in [2.45, 2.75) is 51.2 Å². The van der Waals surface area contributed by atoms with Gasteiger partial charge in [-0.1, -0.05) is 6.07 Å². The van der Waals surface area contributed by atoms with Crippen LogP contribution in [0.25, 0.3) is 11.1 Å². The van der Waals surface area contributed by atoms with E-state index in [1.807, 2.05) is 23.2 Å². The fraction of sp³-hybridized carbons (Fsp3) is 0.452. The summed E-state index contributed by atoms with van der Waals surface area (Å²) in [6, 6.07) is 7.26. The first-order valence-electron chi connectivity index (χ1n) is 19.7. The van der Waals surface area contributed by atoms with Gasteiger partial charge >= 0.3 is 6.03 Å². The maximum atomic E-state index is 13.3. The molecule has 0 radical (unpaired) electrons. The number of urea groups is 1. The Bertz CT molecular complexity index is 2170. The van der Waals surface area contributed by atoms with Crippen molar-refractivity contribution in [1.29, 1.82) is 0 Å². The van der Waals surface area contributed by atoms with Crippen LogP contribution >= 0.6 is 0 Å². The van der Waals surface area contributed by atoms with Gasteiger partial charge in [-0.15, -0.1) is 0 Å². The number of pyridine rings is 1. The number of nitrogens with one attached hydrogen (secondary N) is 2. The number of hydrogen-bond acceptors (Lipinski definition) is 11. The van der Waals surface area contributed by atoms with Gasteiger partial charge in [0.05, 0.1) is 50.1 Å². The van der Waals surface area contributed by atoms with Crippen molar-refractivity contribution < 1.29 is 43.0 Å². The zero-order valence-electron chi connectivity index (χ0n) is 34.1. The van der Waals surface area contributed by atoms with Crippen LogP contribution in [0, 0.1) is 0 Å². The standard InChI is InChI=1S/C42H51N7O10/c1-43-36(51)12-11-27(25-50)49-40(54)29-8-6-9-33(38(29)41(49)55)59-19-7-10-37(52)47-17-15-46(16-18-47)23-32-34(57-4)20-26(21-35(32)58-5)30-22-45(3)39(53)31-24-48(42(56)44-2)14-13-28(30)31/h6,8-9,20-22,25,27H,7,10-19,23-24H2,1-5H3,(H,43,51)(H,44,56). The van der Waals surface area contributed by atoms with Crippen LogP contribution in [0.2, 0.25) is 0 Å². The summed E-state index contributed by atoms with van der Waals surface area (Å²) in [5.74, 6) is -0.143. The lowest BCUT2D eigenvalue weighted by molar-refractivity contribution is -0.133. The molecular weight excluding hydrogens is 763 g/mol. The molecule has 1 saturated heterocycles. The monoisotopic (exact) mass is 813 g/mol. The highest BCUT2D eigenvalue weighted by atomic mass is 16.5. The predicted molar refractivity (Wildman–Crippen MR) is 215 cm³/mol. The first kappa shape index (κ1) is 42.4. The number of rotatable bonds is 15. The summed E-state index contributed by atoms with van der Waals surface area (Å²) in [4.78, 5) is 95.4. The average Bonchev–Trinajstić information content (AvgIpc) is 3.52. The van der Waals surface area contributed by atoms with Crippen LogP contribution in [0.4, 0.5) is 4.79 Å². The van der Waals surface area contributed by atoms with Crippen LogP contribution in [-0.2, 0) is 40.9 Å². The van der Waals surface area contributed by atoms with Gasteiger partial charge in [-0.25, -0.2) is 4.79 Å². The summed E-state index contributed by atoms with van der Waals surface area (Å²) >= 11 is 0. The molecule has 0 aliphatic carbocycles. The zero-order chi connectivity index (χ0) is 42.4. The van der Waals surface area contributed by atoms with Crippen LogP contribution in [0.5, 0.6) is 17.2 Å². The van der Waals surface area contributed by atoms with Gasteiger partial charge < -0.3 is 44.0 Å². The molecule has 3 aliphatic rings. The second-order valence-corrected chi connectivity index (χ2v) is 14.7. The number of methoxy groups -OCH3 is 2. The third-order valence-corrected chi connectivity index (χ3v) is 11.2. The second kappa shape index (κ2) is 18.6. The summed E-state index contributed by atoms with van der Waals surface area (Å²) in [6.45, 7) is 3.65. The molecule has 17 nitrogen and oxygen atoms in total. The lowest BCUT2D eigenvalue weighted by Gasteiger charge is -2.35. The lowest BCUT2D eigenvalue weighted by Crippen LogP contribution is -2.48. The fourth-order valence-corrected chi connectivity index (χ4v) is 7.97. The largest absolute Gasteiger partial charge is 0.496 e. The van der Waals surface area contributed by atoms with E-state index in [4.69, 9.17) is 14.2 Å². The molecule has 1 atom stereocenters. The van der Waals surface area contributed by atoms with Crippen LogP contribution < -0.4 is 30.4 Å². The molecule has 3 aliphatic heterocycles. The maximum Gasteiger partial charge on any atom is 0.317 e. The molecule has 17 heteroatoms. The molecule has 3 aromatic rings. The number of benzene rings is 2. The highest BCUT2D eigenvalue weighted by Crippen LogP contribution is 2.39. The van der Waals surface area contributed by atoms with Crippen molar-refractivity contribution in [2.75, 3.05) is 67.6 Å². The third-order valence-electron chi connectivity index (χ3n) is 11.2. The zero-order valence-corrected chi connectivity index (χ0v) is 34.1. The Morgan fingerprint density at radius 1 is 0.847 bits per heavy atom. The van der Waals surface area contributed by atoms with E-state index in [1.165, 1.54) is 13.1 Å². The summed E-state index contributed by atoms with van der Waals surface area (Å²) in [5, 5.41) is 5.11. The quantitative estimate of drug-likeness (QED) is 0.130. The number of hydrogen-bond donors (Lipinski definition) is 2. The molecule has 1 aromatic heterocycles. The van der Waals surface area contributed by atoms with E-state index >= 15 is 0 Å². The third kappa shape index (κ3) is 8.79. The van der Waals surface area contributed by atoms with Crippen molar-refractivity contribution in [1.82, 2.24) is 34.8 Å². The SMILES string of the molecule is CNC(=O)CCC(C=O)N1C(=O)c2cccc(OCCCC(=O)N3CCN(Cc4c(OC)cc(-c5cn(C)c(=O)c6c5CCN(C(=O)NC)C6)cc4OC)CC3)c2C1=O. The van der Waals surface area contributed by atoms with Crippen LogP contribution in [0.15, 0.2) is 41.3 Å². The van der Waals surface area contributed by atoms with E-state index in [0.717, 1.165) is 27.2 Å². The van der Waals surface area contributed by atoms with Gasteiger partial charge in [0.15, 0.2) is 0 Å². The van der Waals surface area contributed by atoms with Gasteiger partial charge in [-0.05, 0) is 54.7 Å². The van der Waals surface area contributed by atoms with Crippen molar-refractivity contribution in [3.63, 3.8) is 0 Å². The van der Waals surface area contributed by atoms with Crippen molar-refractivity contribution in [2.24, 2.45) is 7.05 Å². The topological polar surface area (TPSA) is 189 Å². The number of ether oxygens (including phenoxy) is 3. The molecule has 6 rings (SSSR count). The number of fused-ring (bicyclic) bond motifs is 2. The summed E-state index contributed by atoms with van der Waals surface area (Å²) in [6.07, 6.45) is 3.43. The maximum absolute atomic E-state index is 13.3. The first-order valence-corrected chi connectivity index (χ1v) is 19.7. The second-order valence-electron chi connectivity index (χ2n) is 14.7. The van der Waals surface area contributed by atoms with Crippen molar-refractivity contribution in [3.05, 3.63) is 74.7 Å². The van der Waals surface area contributed by atoms with Gasteiger partial charge in [0.2, 0.25) is 11.8 Å². The number of piperazine rings is 1. The van der Waals surface area contributed by atoms with Gasteiger partial charge in [-0.2, -0.15) is 0 Å². The smallest absolute Gasteiger partial charge is 0.317 e. The van der Waals surface area contributed by atoms with E-state index in [-0.39, 0.29) is 72.7 Å². The number of aryl methyl sites for hydroxylation is 1. The van der Waals surface area contributed by atoms with Gasteiger partial charge in [0.25, 0.3) is 17.4 Å². The summed E-state index contributed by atoms with van der Waals surface area (Å²) in [5.41, 5.74) is 4.12. The number of carbonyl (C=O) groups excluding carboxylic acids is 6. The highest BCUT2D eigenvalue weighted by Gasteiger charge is 2.42. The molecule has 0 spiro atoms. The highest BCUT2D eigenvalue weighted by molar-refractivity contribution is 6.23. The molecule has 1 fully saturated rings. The minimum absolute atomic E-state index is 0.000915. The lowest BCUT2D eigenvalue weighted by atomic mass is 9.91. The first-order chi connectivity index (χ1) is 28.4. The van der Waals surface area contributed by atoms with E-state index in [0.29, 0.717) is 75.5 Å². The average molecular weight is 814 g/mol. The molecule has 314 valence electrons. The van der Waals surface area contributed by atoms with E-state index in [2.05, 4.69) is 15.5 Å². The Balaban J connectivity index is 1.04. The number of nitrogens with zero attached hydrogens (tertiary/aromatic N) is 5. The van der Waals surface area contributed by atoms with Gasteiger partial charge in [0.1, 0.15) is 23.5 Å². The minimum atomic E-state index is -1.09. The van der Waals surface area contributed by atoms with Gasteiger partial charge in [0, 0.05) is 90.6 Å². The Labute approximate surface area is 342 Å². The number of amides is 6. The molecule has 6 amide bonds. The normalized spacial score (nSPS) is 15.6. The van der Waals surface area contributed by atoms with E-state index < -0.39 is 17.9 Å². The molecule has 2 N–H and O–H groups in total. The fourth-order valence-electron chi connectivity index (χ4n) is 7.97. The minimum Gasteiger partial charge on any atom is -0.496 e. The number of carbonyl (C=O) groups is 6. The molecule has 1 unspecified atom stereocenters. The van der Waals surface area contributed by atoms with Crippen molar-refractivity contribution in [3.8, 4) is 28.4 Å². The Kier molecular flexibility index (Phi) is 13.3. The Hall–Kier alpha value is -6.23. The van der Waals surface area contributed by atoms with Gasteiger partial charge in [-0.3, -0.25) is 33.8 Å². The van der Waals surface area contributed by atoms with Crippen LogP contribution in [0.1, 0.15) is 63.1 Å². The summed E-state index contributed by atoms with van der Waals surface area (Å²) < 4.78 is 19.3. The number of aldehydes is 1. The molecule has 2 aromatic carbocycles. The number of imide groups is 1. The molecule has 59 heavy (non-hydrogen) atoms. The molecule has 4 heterocycles. The predicted octanol–water partition coefficient (Wildman–Crippen LogP) is 1.96. The Morgan fingerprint density at radius 2 is 1.56 bits per heavy atom.